The number of benzene rings is 2. The molecule has 4 atom stereocenters. The lowest BCUT2D eigenvalue weighted by Gasteiger charge is -2.31. The van der Waals surface area contributed by atoms with Crippen LogP contribution in [0, 0.1) is 16.0 Å². The number of carbonyl (C=O) groups excluding carboxylic acids is 5. The van der Waals surface area contributed by atoms with Gasteiger partial charge in [-0.3, -0.25) is 43.8 Å². The molecule has 7 N–H and O–H groups in total. The molecule has 45 heavy (non-hydrogen) atoms. The van der Waals surface area contributed by atoms with Crippen molar-refractivity contribution in [2.45, 2.75) is 64.7 Å². The van der Waals surface area contributed by atoms with Crippen molar-refractivity contribution in [1.29, 1.82) is 0 Å². The van der Waals surface area contributed by atoms with E-state index in [4.69, 9.17) is 5.73 Å². The number of aliphatic carboxylic acids is 1. The summed E-state index contributed by atoms with van der Waals surface area (Å²) in [5.41, 5.74) is 6.45. The van der Waals surface area contributed by atoms with Crippen LogP contribution in [0.4, 0.5) is 11.4 Å². The maximum absolute atomic E-state index is 13.4. The molecule has 2 aromatic carbocycles. The fourth-order valence-corrected chi connectivity index (χ4v) is 4.23. The van der Waals surface area contributed by atoms with Crippen LogP contribution in [0.2, 0.25) is 0 Å². The Morgan fingerprint density at radius 1 is 0.911 bits per heavy atom. The first-order valence-electron chi connectivity index (χ1n) is 13.8. The SMILES string of the molecule is CC(=O)N(C(=O)[C@H](C)NC(=O)[C@@H](NC(=O)[C@@H](N)Cc1ccc(O)cc1)C(C)C)[C@@H](CC(=O)O)C(=O)Nc1ccc([N+](=O)[O-])cc1. The predicted molar refractivity (Wildman–Crippen MR) is 159 cm³/mol. The van der Waals surface area contributed by atoms with Gasteiger partial charge in [-0.1, -0.05) is 26.0 Å². The number of carbonyl (C=O) groups is 6. The molecule has 16 nitrogen and oxygen atoms in total. The summed E-state index contributed by atoms with van der Waals surface area (Å²) in [7, 11) is 0. The predicted octanol–water partition coefficient (Wildman–Crippen LogP) is 0.673. The smallest absolute Gasteiger partial charge is 0.306 e. The maximum Gasteiger partial charge on any atom is 0.306 e. The number of carboxylic acids is 1. The molecule has 0 aliphatic heterocycles. The molecule has 0 aromatic heterocycles. The standard InChI is InChI=1S/C29H36N6O10/c1-15(2)25(33-26(40)22(30)13-18-5-11-21(37)12-6-18)28(42)31-16(3)29(43)34(17(4)36)23(14-24(38)39)27(41)32-19-7-9-20(10-8-19)35(44)45/h5-12,15-16,22-23,25,37H,13-14,30H2,1-4H3,(H,31,42)(H,32,41)(H,33,40)(H,38,39)/t16-,22-,23-,25-/m0/s1. The number of nitro groups is 1. The van der Waals surface area contributed by atoms with Crippen molar-refractivity contribution in [2.24, 2.45) is 11.7 Å². The van der Waals surface area contributed by atoms with Gasteiger partial charge in [0, 0.05) is 24.7 Å². The van der Waals surface area contributed by atoms with Gasteiger partial charge in [-0.25, -0.2) is 0 Å². The van der Waals surface area contributed by atoms with E-state index in [1.807, 2.05) is 0 Å². The number of imide groups is 1. The topological polar surface area (TPSA) is 251 Å². The van der Waals surface area contributed by atoms with Gasteiger partial charge >= 0.3 is 5.97 Å². The van der Waals surface area contributed by atoms with Crippen molar-refractivity contribution < 1.29 is 43.9 Å². The van der Waals surface area contributed by atoms with Crippen LogP contribution >= 0.6 is 0 Å². The van der Waals surface area contributed by atoms with Crippen LogP contribution in [0.5, 0.6) is 5.75 Å². The van der Waals surface area contributed by atoms with Gasteiger partial charge in [0.2, 0.25) is 23.6 Å². The zero-order valence-electron chi connectivity index (χ0n) is 25.1. The highest BCUT2D eigenvalue weighted by Gasteiger charge is 2.38. The average Bonchev–Trinajstić information content (AvgIpc) is 2.95. The van der Waals surface area contributed by atoms with E-state index in [1.165, 1.54) is 31.2 Å². The van der Waals surface area contributed by atoms with E-state index in [0.29, 0.717) is 10.5 Å². The van der Waals surface area contributed by atoms with Crippen molar-refractivity contribution >= 4 is 46.9 Å². The van der Waals surface area contributed by atoms with Crippen molar-refractivity contribution in [2.75, 3.05) is 5.32 Å². The lowest BCUT2D eigenvalue weighted by molar-refractivity contribution is -0.384. The summed E-state index contributed by atoms with van der Waals surface area (Å²) in [5, 5.41) is 37.0. The average molecular weight is 629 g/mol. The molecule has 2 aromatic rings. The molecular formula is C29H36N6O10. The number of nitro benzene ring substituents is 1. The fraction of sp³-hybridized carbons (Fsp3) is 0.379. The number of carboxylic acid groups (broad SMARTS) is 1. The minimum absolute atomic E-state index is 0.0393. The van der Waals surface area contributed by atoms with Gasteiger partial charge in [0.25, 0.3) is 11.6 Å². The molecule has 0 heterocycles. The number of nitrogens with zero attached hydrogens (tertiary/aromatic N) is 2. The second-order valence-corrected chi connectivity index (χ2v) is 10.6. The first-order valence-corrected chi connectivity index (χ1v) is 13.8. The number of hydrogen-bond donors (Lipinski definition) is 6. The van der Waals surface area contributed by atoms with Crippen molar-refractivity contribution in [3.05, 3.63) is 64.2 Å². The first kappa shape index (κ1) is 35.8. The van der Waals surface area contributed by atoms with Gasteiger partial charge in [-0.05, 0) is 49.1 Å². The van der Waals surface area contributed by atoms with E-state index in [0.717, 1.165) is 19.1 Å². The molecule has 0 unspecified atom stereocenters. The summed E-state index contributed by atoms with van der Waals surface area (Å²) >= 11 is 0. The molecule has 5 amide bonds. The van der Waals surface area contributed by atoms with E-state index < -0.39 is 76.9 Å². The van der Waals surface area contributed by atoms with Crippen molar-refractivity contribution in [1.82, 2.24) is 15.5 Å². The lowest BCUT2D eigenvalue weighted by atomic mass is 10.0. The van der Waals surface area contributed by atoms with E-state index in [1.54, 1.807) is 26.0 Å². The first-order chi connectivity index (χ1) is 21.0. The van der Waals surface area contributed by atoms with Gasteiger partial charge in [0.15, 0.2) is 0 Å². The Morgan fingerprint density at radius 2 is 1.49 bits per heavy atom. The van der Waals surface area contributed by atoms with Crippen molar-refractivity contribution in [3.63, 3.8) is 0 Å². The van der Waals surface area contributed by atoms with Crippen LogP contribution in [0.3, 0.4) is 0 Å². The molecule has 0 aliphatic rings. The normalized spacial score (nSPS) is 13.5. The highest BCUT2D eigenvalue weighted by molar-refractivity contribution is 6.06. The van der Waals surface area contributed by atoms with Gasteiger partial charge in [-0.2, -0.15) is 0 Å². The summed E-state index contributed by atoms with van der Waals surface area (Å²) in [6, 6.07) is 5.11. The summed E-state index contributed by atoms with van der Waals surface area (Å²) in [4.78, 5) is 87.2. The third-order valence-corrected chi connectivity index (χ3v) is 6.61. The molecule has 0 bridgehead atoms. The summed E-state index contributed by atoms with van der Waals surface area (Å²) in [6.07, 6.45) is -0.873. The molecule has 16 heteroatoms. The Kier molecular flexibility index (Phi) is 12.7. The largest absolute Gasteiger partial charge is 0.508 e. The number of nitrogens with one attached hydrogen (secondary N) is 3. The third-order valence-electron chi connectivity index (χ3n) is 6.61. The summed E-state index contributed by atoms with van der Waals surface area (Å²) in [6.45, 7) is 5.43. The number of non-ortho nitro benzene ring substituents is 1. The Bertz CT molecular complexity index is 1430. The van der Waals surface area contributed by atoms with Gasteiger partial charge in [0.05, 0.1) is 17.4 Å². The van der Waals surface area contributed by atoms with Gasteiger partial charge < -0.3 is 31.9 Å². The zero-order chi connectivity index (χ0) is 34.0. The summed E-state index contributed by atoms with van der Waals surface area (Å²) in [5.74, 6) is -6.56. The van der Waals surface area contributed by atoms with Crippen LogP contribution < -0.4 is 21.7 Å². The number of hydrogen-bond acceptors (Lipinski definition) is 10. The highest BCUT2D eigenvalue weighted by atomic mass is 16.6. The Morgan fingerprint density at radius 3 is 1.98 bits per heavy atom. The molecule has 2 rings (SSSR count). The molecule has 0 saturated heterocycles. The number of aromatic hydroxyl groups is 1. The monoisotopic (exact) mass is 628 g/mol. The van der Waals surface area contributed by atoms with Crippen LogP contribution in [-0.4, -0.2) is 79.7 Å². The van der Waals surface area contributed by atoms with E-state index in [9.17, 15) is 49.1 Å². The van der Waals surface area contributed by atoms with Crippen LogP contribution in [-0.2, 0) is 35.2 Å². The third kappa shape index (κ3) is 10.4. The highest BCUT2D eigenvalue weighted by Crippen LogP contribution is 2.18. The van der Waals surface area contributed by atoms with Crippen LogP contribution in [0.1, 0.15) is 39.7 Å². The van der Waals surface area contributed by atoms with Crippen LogP contribution in [0.25, 0.3) is 0 Å². The Hall–Kier alpha value is -5.38. The van der Waals surface area contributed by atoms with Crippen molar-refractivity contribution in [3.8, 4) is 5.75 Å². The zero-order valence-corrected chi connectivity index (χ0v) is 25.1. The molecule has 0 fully saturated rings. The quantitative estimate of drug-likeness (QED) is 0.125. The molecule has 0 saturated carbocycles. The molecule has 0 radical (unpaired) electrons. The minimum Gasteiger partial charge on any atom is -0.508 e. The Labute approximate surface area is 258 Å². The molecule has 242 valence electrons. The number of rotatable bonds is 14. The number of phenolic OH excluding ortho intramolecular Hbond substituents is 1. The van der Waals surface area contributed by atoms with Gasteiger partial charge in [0.1, 0.15) is 23.9 Å². The summed E-state index contributed by atoms with van der Waals surface area (Å²) < 4.78 is 0. The number of phenols is 1. The number of anilines is 1. The molecule has 0 spiro atoms. The second-order valence-electron chi connectivity index (χ2n) is 10.6. The molecule has 0 aliphatic carbocycles. The van der Waals surface area contributed by atoms with E-state index in [2.05, 4.69) is 16.0 Å². The van der Waals surface area contributed by atoms with Crippen LogP contribution in [0.15, 0.2) is 48.5 Å². The number of amides is 5. The lowest BCUT2D eigenvalue weighted by Crippen LogP contribution is -2.59. The second kappa shape index (κ2) is 15.9. The maximum atomic E-state index is 13.4. The Balaban J connectivity index is 2.18. The van der Waals surface area contributed by atoms with E-state index >= 15 is 0 Å². The minimum atomic E-state index is -1.85. The fourth-order valence-electron chi connectivity index (χ4n) is 4.23. The molecular weight excluding hydrogens is 592 g/mol. The number of nitrogens with two attached hydrogens (primary N) is 1. The van der Waals surface area contributed by atoms with E-state index in [-0.39, 0.29) is 23.5 Å². The van der Waals surface area contributed by atoms with Gasteiger partial charge in [-0.15, -0.1) is 0 Å².